The van der Waals surface area contributed by atoms with Crippen LogP contribution >= 0.6 is 0 Å². The fourth-order valence-electron chi connectivity index (χ4n) is 1.97. The summed E-state index contributed by atoms with van der Waals surface area (Å²) < 4.78 is 5.03. The summed E-state index contributed by atoms with van der Waals surface area (Å²) in [4.78, 5) is 11.2. The van der Waals surface area contributed by atoms with Gasteiger partial charge in [0.15, 0.2) is 0 Å². The number of rotatable bonds is 2. The Kier molecular flexibility index (Phi) is 2.39. The molecule has 15 heavy (non-hydrogen) atoms. The molecule has 1 aliphatic rings. The van der Waals surface area contributed by atoms with E-state index in [4.69, 9.17) is 4.74 Å². The molecule has 3 nitrogen and oxygen atoms in total. The molecule has 3 heteroatoms. The van der Waals surface area contributed by atoms with Crippen LogP contribution in [0.25, 0.3) is 0 Å². The van der Waals surface area contributed by atoms with E-state index < -0.39 is 0 Å². The molecule has 0 bridgehead atoms. The first kappa shape index (κ1) is 10.0. The fraction of sp³-hybridized carbons (Fsp3) is 0.417. The maximum atomic E-state index is 11.2. The van der Waals surface area contributed by atoms with Crippen molar-refractivity contribution in [2.24, 2.45) is 5.92 Å². The number of hydrogen-bond donors (Lipinski definition) is 1. The van der Waals surface area contributed by atoms with Crippen molar-refractivity contribution >= 4 is 6.09 Å². The fourth-order valence-corrected chi connectivity index (χ4v) is 1.97. The van der Waals surface area contributed by atoms with Crippen molar-refractivity contribution in [3.8, 4) is 0 Å². The molecule has 1 amide bonds. The van der Waals surface area contributed by atoms with Crippen LogP contribution in [0.15, 0.2) is 30.3 Å². The number of alkyl carbamates (subject to hydrolysis) is 1. The summed E-state index contributed by atoms with van der Waals surface area (Å²) in [6.45, 7) is 4.58. The Labute approximate surface area is 89.4 Å². The summed E-state index contributed by atoms with van der Waals surface area (Å²) in [5.41, 5.74) is 0.740. The molecule has 80 valence electrons. The van der Waals surface area contributed by atoms with Gasteiger partial charge >= 0.3 is 6.09 Å². The normalized spacial score (nSPS) is 25.1. The number of nitrogens with one attached hydrogen (secondary N) is 1. The standard InChI is InChI=1S/C12H15NO2/c1-9(2)12(8-15-11(14)13-12)10-6-4-3-5-7-10/h3-7,9H,8H2,1-2H3,(H,13,14). The number of carbonyl (C=O) groups is 1. The Morgan fingerprint density at radius 2 is 2.00 bits per heavy atom. The van der Waals surface area contributed by atoms with Crippen LogP contribution in [-0.4, -0.2) is 12.7 Å². The highest BCUT2D eigenvalue weighted by Gasteiger charge is 2.43. The molecule has 0 aliphatic carbocycles. The summed E-state index contributed by atoms with van der Waals surface area (Å²) in [7, 11) is 0. The number of hydrogen-bond acceptors (Lipinski definition) is 2. The van der Waals surface area contributed by atoms with Crippen LogP contribution in [0.2, 0.25) is 0 Å². The zero-order valence-corrected chi connectivity index (χ0v) is 8.99. The molecule has 1 heterocycles. The SMILES string of the molecule is CC(C)C1(c2ccccc2)COC(=O)N1. The molecule has 1 N–H and O–H groups in total. The van der Waals surface area contributed by atoms with E-state index in [0.29, 0.717) is 12.5 Å². The van der Waals surface area contributed by atoms with Crippen LogP contribution in [0.3, 0.4) is 0 Å². The summed E-state index contributed by atoms with van der Waals surface area (Å²) in [6, 6.07) is 9.97. The van der Waals surface area contributed by atoms with Crippen LogP contribution < -0.4 is 5.32 Å². The lowest BCUT2D eigenvalue weighted by atomic mass is 9.81. The Morgan fingerprint density at radius 3 is 2.47 bits per heavy atom. The van der Waals surface area contributed by atoms with E-state index in [1.54, 1.807) is 0 Å². The number of carbonyl (C=O) groups excluding carboxylic acids is 1. The molecule has 1 atom stereocenters. The van der Waals surface area contributed by atoms with Crippen LogP contribution in [0.4, 0.5) is 4.79 Å². The summed E-state index contributed by atoms with van der Waals surface area (Å²) in [6.07, 6.45) is -0.326. The highest BCUT2D eigenvalue weighted by atomic mass is 16.6. The van der Waals surface area contributed by atoms with Crippen molar-refractivity contribution in [3.63, 3.8) is 0 Å². The second kappa shape index (κ2) is 3.57. The first-order chi connectivity index (χ1) is 7.15. The minimum atomic E-state index is -0.363. The molecular weight excluding hydrogens is 190 g/mol. The first-order valence-electron chi connectivity index (χ1n) is 5.15. The Bertz CT molecular complexity index is 361. The van der Waals surface area contributed by atoms with Gasteiger partial charge in [0, 0.05) is 0 Å². The molecule has 1 aliphatic heterocycles. The van der Waals surface area contributed by atoms with Crippen LogP contribution in [0.5, 0.6) is 0 Å². The van der Waals surface area contributed by atoms with Gasteiger partial charge in [-0.3, -0.25) is 0 Å². The van der Waals surface area contributed by atoms with Gasteiger partial charge in [0.05, 0.1) is 0 Å². The lowest BCUT2D eigenvalue weighted by molar-refractivity contribution is 0.165. The van der Waals surface area contributed by atoms with Gasteiger partial charge in [0.25, 0.3) is 0 Å². The third kappa shape index (κ3) is 1.58. The van der Waals surface area contributed by atoms with E-state index in [-0.39, 0.29) is 11.6 Å². The third-order valence-corrected chi connectivity index (χ3v) is 3.03. The van der Waals surface area contributed by atoms with E-state index in [9.17, 15) is 4.79 Å². The highest BCUT2D eigenvalue weighted by Crippen LogP contribution is 2.33. The largest absolute Gasteiger partial charge is 0.447 e. The van der Waals surface area contributed by atoms with E-state index >= 15 is 0 Å². The molecule has 0 radical (unpaired) electrons. The van der Waals surface area contributed by atoms with Gasteiger partial charge in [0.1, 0.15) is 12.1 Å². The lowest BCUT2D eigenvalue weighted by Gasteiger charge is -2.31. The van der Waals surface area contributed by atoms with E-state index in [1.165, 1.54) is 0 Å². The Morgan fingerprint density at radius 1 is 1.33 bits per heavy atom. The van der Waals surface area contributed by atoms with Gasteiger partial charge in [0.2, 0.25) is 0 Å². The van der Waals surface area contributed by atoms with E-state index in [0.717, 1.165) is 5.56 Å². The number of amides is 1. The predicted octanol–water partition coefficient (Wildman–Crippen LogP) is 2.28. The van der Waals surface area contributed by atoms with Crippen molar-refractivity contribution in [2.75, 3.05) is 6.61 Å². The molecule has 1 aromatic carbocycles. The summed E-state index contributed by atoms with van der Waals surface area (Å²) in [5.74, 6) is 0.298. The average Bonchev–Trinajstić information content (AvgIpc) is 2.63. The van der Waals surface area contributed by atoms with Crippen molar-refractivity contribution in [2.45, 2.75) is 19.4 Å². The quantitative estimate of drug-likeness (QED) is 0.804. The van der Waals surface area contributed by atoms with Crippen LogP contribution in [0, 0.1) is 5.92 Å². The summed E-state index contributed by atoms with van der Waals surface area (Å²) >= 11 is 0. The summed E-state index contributed by atoms with van der Waals surface area (Å²) in [5, 5.41) is 2.92. The van der Waals surface area contributed by atoms with Gasteiger partial charge in [-0.05, 0) is 11.5 Å². The zero-order chi connectivity index (χ0) is 10.9. The van der Waals surface area contributed by atoms with Gasteiger partial charge in [-0.2, -0.15) is 0 Å². The predicted molar refractivity (Wildman–Crippen MR) is 57.4 cm³/mol. The smallest absolute Gasteiger partial charge is 0.408 e. The van der Waals surface area contributed by atoms with Gasteiger partial charge in [-0.1, -0.05) is 44.2 Å². The molecule has 1 fully saturated rings. The second-order valence-electron chi connectivity index (χ2n) is 4.19. The van der Waals surface area contributed by atoms with Crippen molar-refractivity contribution in [1.82, 2.24) is 5.32 Å². The first-order valence-corrected chi connectivity index (χ1v) is 5.15. The number of cyclic esters (lactones) is 1. The van der Waals surface area contributed by atoms with Gasteiger partial charge in [-0.25, -0.2) is 4.79 Å². The van der Waals surface area contributed by atoms with E-state index in [2.05, 4.69) is 19.2 Å². The number of benzene rings is 1. The molecular formula is C12H15NO2. The maximum absolute atomic E-state index is 11.2. The Hall–Kier alpha value is -1.51. The van der Waals surface area contributed by atoms with Crippen LogP contribution in [-0.2, 0) is 10.3 Å². The van der Waals surface area contributed by atoms with Gasteiger partial charge < -0.3 is 10.1 Å². The monoisotopic (exact) mass is 205 g/mol. The molecule has 0 aromatic heterocycles. The number of ether oxygens (including phenoxy) is 1. The van der Waals surface area contributed by atoms with Crippen molar-refractivity contribution < 1.29 is 9.53 Å². The zero-order valence-electron chi connectivity index (χ0n) is 8.99. The molecule has 1 saturated heterocycles. The topological polar surface area (TPSA) is 38.3 Å². The Balaban J connectivity index is 2.40. The molecule has 2 rings (SSSR count). The van der Waals surface area contributed by atoms with Gasteiger partial charge in [-0.15, -0.1) is 0 Å². The van der Waals surface area contributed by atoms with E-state index in [1.807, 2.05) is 30.3 Å². The lowest BCUT2D eigenvalue weighted by Crippen LogP contribution is -2.45. The third-order valence-electron chi connectivity index (χ3n) is 3.03. The molecule has 1 aromatic rings. The average molecular weight is 205 g/mol. The van der Waals surface area contributed by atoms with Crippen molar-refractivity contribution in [3.05, 3.63) is 35.9 Å². The van der Waals surface area contributed by atoms with Crippen LogP contribution in [0.1, 0.15) is 19.4 Å². The molecule has 0 saturated carbocycles. The van der Waals surface area contributed by atoms with Crippen molar-refractivity contribution in [1.29, 1.82) is 0 Å². The minimum absolute atomic E-state index is 0.298. The second-order valence-corrected chi connectivity index (χ2v) is 4.19. The maximum Gasteiger partial charge on any atom is 0.408 e. The minimum Gasteiger partial charge on any atom is -0.447 e. The highest BCUT2D eigenvalue weighted by molar-refractivity contribution is 5.71. The molecule has 1 unspecified atom stereocenters. The molecule has 0 spiro atoms.